The van der Waals surface area contributed by atoms with Gasteiger partial charge in [-0.15, -0.1) is 0 Å². The molecule has 0 fully saturated rings. The highest BCUT2D eigenvalue weighted by Crippen LogP contribution is 2.31. The Balaban J connectivity index is 2.08. The summed E-state index contributed by atoms with van der Waals surface area (Å²) in [6.45, 7) is 1.94. The summed E-state index contributed by atoms with van der Waals surface area (Å²) >= 11 is 3.38. The van der Waals surface area contributed by atoms with Crippen LogP contribution in [0, 0.1) is 6.92 Å². The van der Waals surface area contributed by atoms with E-state index in [1.165, 1.54) is 0 Å². The molecule has 0 aliphatic carbocycles. The average molecular weight is 371 g/mol. The van der Waals surface area contributed by atoms with Crippen LogP contribution in [0.1, 0.15) is 5.56 Å². The fourth-order valence-corrected chi connectivity index (χ4v) is 2.72. The van der Waals surface area contributed by atoms with Crippen LogP contribution in [0.3, 0.4) is 0 Å². The normalized spacial score (nSPS) is 10.6. The summed E-state index contributed by atoms with van der Waals surface area (Å²) in [7, 11) is 1.61. The molecule has 4 nitrogen and oxygen atoms in total. The number of benzene rings is 1. The van der Waals surface area contributed by atoms with E-state index in [0.29, 0.717) is 33.0 Å². The molecule has 0 spiro atoms. The van der Waals surface area contributed by atoms with Crippen LogP contribution in [0.15, 0.2) is 53.1 Å². The van der Waals surface area contributed by atoms with Crippen molar-refractivity contribution in [2.24, 2.45) is 0 Å². The van der Waals surface area contributed by atoms with Crippen molar-refractivity contribution in [3.8, 4) is 34.1 Å². The second kappa shape index (κ2) is 6.38. The van der Waals surface area contributed by atoms with Crippen LogP contribution in [0.5, 0.6) is 11.5 Å². The van der Waals surface area contributed by atoms with Gasteiger partial charge >= 0.3 is 0 Å². The SMILES string of the molecule is COc1cc(Br)nc(-c2cccc(-c3ccc(C)cc3O)n2)c1. The Morgan fingerprint density at radius 2 is 1.74 bits per heavy atom. The number of hydrogen-bond donors (Lipinski definition) is 1. The molecule has 0 aliphatic rings. The summed E-state index contributed by atoms with van der Waals surface area (Å²) in [6, 6.07) is 14.8. The molecule has 0 amide bonds. The number of phenolic OH excluding ortho intramolecular Hbond substituents is 1. The number of methoxy groups -OCH3 is 1. The lowest BCUT2D eigenvalue weighted by molar-refractivity contribution is 0.414. The molecule has 0 unspecified atom stereocenters. The van der Waals surface area contributed by atoms with E-state index in [1.54, 1.807) is 19.2 Å². The van der Waals surface area contributed by atoms with Gasteiger partial charge in [0, 0.05) is 17.7 Å². The topological polar surface area (TPSA) is 55.2 Å². The van der Waals surface area contributed by atoms with E-state index >= 15 is 0 Å². The monoisotopic (exact) mass is 370 g/mol. The van der Waals surface area contributed by atoms with Crippen LogP contribution in [0.4, 0.5) is 0 Å². The Labute approximate surface area is 142 Å². The van der Waals surface area contributed by atoms with Gasteiger partial charge in [-0.25, -0.2) is 9.97 Å². The van der Waals surface area contributed by atoms with E-state index in [2.05, 4.69) is 25.9 Å². The molecule has 2 heterocycles. The van der Waals surface area contributed by atoms with Crippen LogP contribution in [-0.2, 0) is 0 Å². The molecule has 5 heteroatoms. The van der Waals surface area contributed by atoms with Crippen molar-refractivity contribution in [2.75, 3.05) is 7.11 Å². The second-order valence-corrected chi connectivity index (χ2v) is 5.96. The number of hydrogen-bond acceptors (Lipinski definition) is 4. The average Bonchev–Trinajstić information content (AvgIpc) is 2.54. The summed E-state index contributed by atoms with van der Waals surface area (Å²) in [6.07, 6.45) is 0. The molecule has 1 aromatic carbocycles. The largest absolute Gasteiger partial charge is 0.507 e. The van der Waals surface area contributed by atoms with Crippen LogP contribution in [0.25, 0.3) is 22.6 Å². The van der Waals surface area contributed by atoms with Crippen molar-refractivity contribution in [3.63, 3.8) is 0 Å². The third-order valence-corrected chi connectivity index (χ3v) is 3.85. The standard InChI is InChI=1S/C18H15BrN2O2/c1-11-6-7-13(17(22)8-11)14-4-3-5-15(20-14)16-9-12(23-2)10-18(19)21-16/h3-10,22H,1-2H3. The number of nitrogens with zero attached hydrogens (tertiary/aromatic N) is 2. The number of aryl methyl sites for hydroxylation is 1. The molecule has 3 aromatic rings. The van der Waals surface area contributed by atoms with Gasteiger partial charge in [0.15, 0.2) is 0 Å². The van der Waals surface area contributed by atoms with Crippen molar-refractivity contribution in [2.45, 2.75) is 6.92 Å². The molecule has 3 rings (SSSR count). The van der Waals surface area contributed by atoms with Crippen molar-refractivity contribution in [1.82, 2.24) is 9.97 Å². The maximum absolute atomic E-state index is 10.1. The van der Waals surface area contributed by atoms with Gasteiger partial charge in [0.2, 0.25) is 0 Å². The Bertz CT molecular complexity index is 865. The summed E-state index contributed by atoms with van der Waals surface area (Å²) in [5.74, 6) is 0.918. The zero-order valence-corrected chi connectivity index (χ0v) is 14.3. The number of aromatic nitrogens is 2. The van der Waals surface area contributed by atoms with E-state index in [0.717, 1.165) is 5.56 Å². The third kappa shape index (κ3) is 3.35. The maximum atomic E-state index is 10.1. The fraction of sp³-hybridized carbons (Fsp3) is 0.111. The molecular formula is C18H15BrN2O2. The lowest BCUT2D eigenvalue weighted by Crippen LogP contribution is -1.93. The Morgan fingerprint density at radius 1 is 0.957 bits per heavy atom. The molecule has 0 saturated heterocycles. The zero-order chi connectivity index (χ0) is 16.4. The summed E-state index contributed by atoms with van der Waals surface area (Å²) < 4.78 is 5.94. The van der Waals surface area contributed by atoms with E-state index in [9.17, 15) is 5.11 Å². The molecule has 0 atom stereocenters. The van der Waals surface area contributed by atoms with Crippen molar-refractivity contribution >= 4 is 15.9 Å². The first kappa shape index (κ1) is 15.5. The van der Waals surface area contributed by atoms with Gasteiger partial charge in [-0.2, -0.15) is 0 Å². The minimum Gasteiger partial charge on any atom is -0.507 e. The molecule has 0 saturated carbocycles. The predicted molar refractivity (Wildman–Crippen MR) is 93.6 cm³/mol. The van der Waals surface area contributed by atoms with Crippen LogP contribution in [0.2, 0.25) is 0 Å². The maximum Gasteiger partial charge on any atom is 0.125 e. The molecule has 0 bridgehead atoms. The van der Waals surface area contributed by atoms with Gasteiger partial charge < -0.3 is 9.84 Å². The number of ether oxygens (including phenoxy) is 1. The van der Waals surface area contributed by atoms with Gasteiger partial charge in [-0.05, 0) is 52.7 Å². The minimum atomic E-state index is 0.217. The Hall–Kier alpha value is -2.40. The quantitative estimate of drug-likeness (QED) is 0.684. The van der Waals surface area contributed by atoms with Gasteiger partial charge in [0.05, 0.1) is 24.2 Å². The highest BCUT2D eigenvalue weighted by Gasteiger charge is 2.10. The highest BCUT2D eigenvalue weighted by atomic mass is 79.9. The van der Waals surface area contributed by atoms with Crippen molar-refractivity contribution in [1.29, 1.82) is 0 Å². The number of rotatable bonds is 3. The number of halogens is 1. The summed E-state index contributed by atoms with van der Waals surface area (Å²) in [4.78, 5) is 9.06. The van der Waals surface area contributed by atoms with Gasteiger partial charge in [0.25, 0.3) is 0 Å². The summed E-state index contributed by atoms with van der Waals surface area (Å²) in [5.41, 5.74) is 3.80. The molecule has 2 aromatic heterocycles. The van der Waals surface area contributed by atoms with Crippen LogP contribution in [-0.4, -0.2) is 22.2 Å². The predicted octanol–water partition coefficient (Wildman–Crippen LogP) is 4.60. The Morgan fingerprint density at radius 3 is 2.48 bits per heavy atom. The highest BCUT2D eigenvalue weighted by molar-refractivity contribution is 9.10. The third-order valence-electron chi connectivity index (χ3n) is 3.44. The van der Waals surface area contributed by atoms with E-state index in [1.807, 2.05) is 43.3 Å². The molecule has 1 N–H and O–H groups in total. The van der Waals surface area contributed by atoms with Crippen molar-refractivity contribution < 1.29 is 9.84 Å². The Kier molecular flexibility index (Phi) is 4.30. The number of aromatic hydroxyl groups is 1. The van der Waals surface area contributed by atoms with Crippen LogP contribution < -0.4 is 4.74 Å². The first-order valence-electron chi connectivity index (χ1n) is 7.06. The van der Waals surface area contributed by atoms with E-state index in [-0.39, 0.29) is 5.75 Å². The molecule has 0 radical (unpaired) electrons. The molecular weight excluding hydrogens is 356 g/mol. The smallest absolute Gasteiger partial charge is 0.125 e. The van der Waals surface area contributed by atoms with Crippen molar-refractivity contribution in [3.05, 3.63) is 58.7 Å². The molecule has 0 aliphatic heterocycles. The molecule has 23 heavy (non-hydrogen) atoms. The summed E-state index contributed by atoms with van der Waals surface area (Å²) in [5, 5.41) is 10.1. The first-order chi connectivity index (χ1) is 11.1. The minimum absolute atomic E-state index is 0.217. The fourth-order valence-electron chi connectivity index (χ4n) is 2.31. The van der Waals surface area contributed by atoms with E-state index < -0.39 is 0 Å². The van der Waals surface area contributed by atoms with E-state index in [4.69, 9.17) is 4.74 Å². The lowest BCUT2D eigenvalue weighted by Gasteiger charge is -2.08. The van der Waals surface area contributed by atoms with Crippen LogP contribution >= 0.6 is 15.9 Å². The number of pyridine rings is 2. The van der Waals surface area contributed by atoms with Gasteiger partial charge in [-0.1, -0.05) is 12.1 Å². The van der Waals surface area contributed by atoms with Gasteiger partial charge in [0.1, 0.15) is 16.1 Å². The lowest BCUT2D eigenvalue weighted by atomic mass is 10.1. The number of phenols is 1. The van der Waals surface area contributed by atoms with Gasteiger partial charge in [-0.3, -0.25) is 0 Å². The first-order valence-corrected chi connectivity index (χ1v) is 7.85. The molecule has 116 valence electrons. The zero-order valence-electron chi connectivity index (χ0n) is 12.7. The second-order valence-electron chi connectivity index (χ2n) is 5.14.